The first-order valence-corrected chi connectivity index (χ1v) is 7.46. The first-order chi connectivity index (χ1) is 10.5. The lowest BCUT2D eigenvalue weighted by atomic mass is 10.0. The molecule has 1 atom stereocenters. The number of halogens is 1. The van der Waals surface area contributed by atoms with Crippen LogP contribution in [0.15, 0.2) is 24.3 Å². The Hall–Kier alpha value is -2.23. The lowest BCUT2D eigenvalue weighted by Crippen LogP contribution is -2.25. The lowest BCUT2D eigenvalue weighted by Gasteiger charge is -2.06. The van der Waals surface area contributed by atoms with Crippen LogP contribution >= 0.6 is 22.9 Å². The van der Waals surface area contributed by atoms with E-state index >= 15 is 0 Å². The van der Waals surface area contributed by atoms with Crippen LogP contribution in [-0.4, -0.2) is 24.1 Å². The Labute approximate surface area is 135 Å². The van der Waals surface area contributed by atoms with Crippen molar-refractivity contribution >= 4 is 50.5 Å². The molecule has 0 fully saturated rings. The summed E-state index contributed by atoms with van der Waals surface area (Å²) in [5, 5.41) is 17.2. The standard InChI is InChI=1S/C15H11ClN2O3S/c1-8(18)10(6-17)11(19)7-21-15(20)14-13(16)9-4-2-3-5-12(9)22-14/h2-5,10,18H,7H2,1H3. The molecule has 112 valence electrons. The van der Waals surface area contributed by atoms with Crippen LogP contribution in [0.1, 0.15) is 16.6 Å². The maximum Gasteiger partial charge on any atom is 0.350 e. The van der Waals surface area contributed by atoms with Crippen LogP contribution in [0.4, 0.5) is 0 Å². The minimum Gasteiger partial charge on any atom is -0.453 e. The number of ketones is 1. The highest BCUT2D eigenvalue weighted by Gasteiger charge is 2.23. The average Bonchev–Trinajstić information content (AvgIpc) is 2.83. The van der Waals surface area contributed by atoms with Gasteiger partial charge in [0.15, 0.2) is 12.4 Å². The highest BCUT2D eigenvalue weighted by molar-refractivity contribution is 7.21. The number of esters is 1. The van der Waals surface area contributed by atoms with E-state index in [1.807, 2.05) is 18.2 Å². The first kappa shape index (κ1) is 16.1. The third-order valence-corrected chi connectivity index (χ3v) is 4.61. The number of nitrogens with one attached hydrogen (secondary N) is 1. The normalized spacial score (nSPS) is 11.7. The predicted molar refractivity (Wildman–Crippen MR) is 84.6 cm³/mol. The zero-order valence-electron chi connectivity index (χ0n) is 11.6. The Morgan fingerprint density at radius 1 is 1.45 bits per heavy atom. The molecule has 1 aromatic carbocycles. The van der Waals surface area contributed by atoms with Gasteiger partial charge in [-0.3, -0.25) is 4.79 Å². The van der Waals surface area contributed by atoms with Gasteiger partial charge >= 0.3 is 5.97 Å². The van der Waals surface area contributed by atoms with E-state index in [1.54, 1.807) is 12.1 Å². The summed E-state index contributed by atoms with van der Waals surface area (Å²) in [5.41, 5.74) is -0.0801. The van der Waals surface area contributed by atoms with Crippen molar-refractivity contribution in [2.24, 2.45) is 5.92 Å². The molecule has 7 heteroatoms. The number of hydrogen-bond acceptors (Lipinski definition) is 6. The van der Waals surface area contributed by atoms with Crippen LogP contribution in [0.25, 0.3) is 10.1 Å². The van der Waals surface area contributed by atoms with Gasteiger partial charge < -0.3 is 10.1 Å². The number of hydrogen-bond donors (Lipinski definition) is 1. The molecule has 1 N–H and O–H groups in total. The number of ether oxygens (including phenoxy) is 1. The third kappa shape index (κ3) is 3.16. The SMILES string of the molecule is CC(=N)C(C#N)C(=O)COC(=O)c1sc2ccccc2c1Cl. The van der Waals surface area contributed by atoms with E-state index < -0.39 is 24.3 Å². The van der Waals surface area contributed by atoms with Crippen molar-refractivity contribution in [3.8, 4) is 6.07 Å². The molecule has 0 aliphatic heterocycles. The summed E-state index contributed by atoms with van der Waals surface area (Å²) < 4.78 is 5.77. The smallest absolute Gasteiger partial charge is 0.350 e. The van der Waals surface area contributed by atoms with Gasteiger partial charge in [-0.1, -0.05) is 29.8 Å². The predicted octanol–water partition coefficient (Wildman–Crippen LogP) is 3.46. The topological polar surface area (TPSA) is 91.0 Å². The Kier molecular flexibility index (Phi) is 4.91. The van der Waals surface area contributed by atoms with Gasteiger partial charge in [-0.15, -0.1) is 11.3 Å². The molecular formula is C15H11ClN2O3S. The Morgan fingerprint density at radius 3 is 2.73 bits per heavy atom. The van der Waals surface area contributed by atoms with E-state index in [4.69, 9.17) is 27.0 Å². The summed E-state index contributed by atoms with van der Waals surface area (Å²) in [7, 11) is 0. The van der Waals surface area contributed by atoms with Crippen LogP contribution in [-0.2, 0) is 9.53 Å². The van der Waals surface area contributed by atoms with Crippen LogP contribution in [0.5, 0.6) is 0 Å². The van der Waals surface area contributed by atoms with Gasteiger partial charge in [0.05, 0.1) is 11.1 Å². The summed E-state index contributed by atoms with van der Waals surface area (Å²) in [5.74, 6) is -2.52. The fraction of sp³-hybridized carbons (Fsp3) is 0.200. The van der Waals surface area contributed by atoms with E-state index in [9.17, 15) is 9.59 Å². The van der Waals surface area contributed by atoms with Gasteiger partial charge in [-0.2, -0.15) is 5.26 Å². The van der Waals surface area contributed by atoms with Crippen molar-refractivity contribution in [2.75, 3.05) is 6.61 Å². The molecule has 2 aromatic rings. The minimum atomic E-state index is -1.19. The maximum atomic E-state index is 12.0. The van der Waals surface area contributed by atoms with Crippen molar-refractivity contribution in [2.45, 2.75) is 6.92 Å². The summed E-state index contributed by atoms with van der Waals surface area (Å²) in [6, 6.07) is 8.97. The van der Waals surface area contributed by atoms with Crippen molar-refractivity contribution in [3.63, 3.8) is 0 Å². The number of thiophene rings is 1. The van der Waals surface area contributed by atoms with E-state index in [0.29, 0.717) is 0 Å². The van der Waals surface area contributed by atoms with Crippen LogP contribution in [0.2, 0.25) is 5.02 Å². The fourth-order valence-corrected chi connectivity index (χ4v) is 3.24. The number of Topliss-reactive ketones (excluding diaryl/α,β-unsaturated/α-hetero) is 1. The van der Waals surface area contributed by atoms with Crippen molar-refractivity contribution in [3.05, 3.63) is 34.2 Å². The van der Waals surface area contributed by atoms with Gasteiger partial charge in [0.25, 0.3) is 0 Å². The van der Waals surface area contributed by atoms with Crippen LogP contribution in [0.3, 0.4) is 0 Å². The summed E-state index contributed by atoms with van der Waals surface area (Å²) in [6.07, 6.45) is 0. The van der Waals surface area contributed by atoms with Crippen LogP contribution in [0, 0.1) is 22.7 Å². The fourth-order valence-electron chi connectivity index (χ4n) is 1.84. The molecule has 22 heavy (non-hydrogen) atoms. The molecular weight excluding hydrogens is 324 g/mol. The van der Waals surface area contributed by atoms with E-state index in [-0.39, 0.29) is 15.6 Å². The highest BCUT2D eigenvalue weighted by atomic mass is 35.5. The molecule has 2 rings (SSSR count). The molecule has 0 bridgehead atoms. The second-order valence-electron chi connectivity index (χ2n) is 4.53. The summed E-state index contributed by atoms with van der Waals surface area (Å²) in [4.78, 5) is 24.0. The van der Waals surface area contributed by atoms with Gasteiger partial charge in [-0.05, 0) is 13.0 Å². The number of nitriles is 1. The summed E-state index contributed by atoms with van der Waals surface area (Å²) >= 11 is 7.32. The molecule has 1 heterocycles. The third-order valence-electron chi connectivity index (χ3n) is 2.95. The van der Waals surface area contributed by atoms with Gasteiger partial charge in [0.1, 0.15) is 10.8 Å². The minimum absolute atomic E-state index is 0.0801. The lowest BCUT2D eigenvalue weighted by molar-refractivity contribution is -0.122. The number of carbonyl (C=O) groups is 2. The molecule has 0 saturated heterocycles. The molecule has 1 unspecified atom stereocenters. The Morgan fingerprint density at radius 2 is 2.14 bits per heavy atom. The van der Waals surface area contributed by atoms with Crippen molar-refractivity contribution in [1.29, 1.82) is 10.7 Å². The average molecular weight is 335 g/mol. The van der Waals surface area contributed by atoms with Crippen LogP contribution < -0.4 is 0 Å². The quantitative estimate of drug-likeness (QED) is 0.669. The molecule has 1 aromatic heterocycles. The largest absolute Gasteiger partial charge is 0.453 e. The Bertz CT molecular complexity index is 807. The van der Waals surface area contributed by atoms with Gasteiger partial charge in [-0.25, -0.2) is 4.79 Å². The second-order valence-corrected chi connectivity index (χ2v) is 5.96. The zero-order valence-corrected chi connectivity index (χ0v) is 13.1. The van der Waals surface area contributed by atoms with Crippen molar-refractivity contribution in [1.82, 2.24) is 0 Å². The second kappa shape index (κ2) is 6.69. The number of rotatable bonds is 5. The molecule has 5 nitrogen and oxygen atoms in total. The van der Waals surface area contributed by atoms with E-state index in [0.717, 1.165) is 10.1 Å². The van der Waals surface area contributed by atoms with Gasteiger partial charge in [0.2, 0.25) is 0 Å². The molecule has 0 spiro atoms. The molecule has 0 aliphatic carbocycles. The van der Waals surface area contributed by atoms with Gasteiger partial charge in [0, 0.05) is 15.8 Å². The molecule has 0 aliphatic rings. The molecule has 0 saturated carbocycles. The highest BCUT2D eigenvalue weighted by Crippen LogP contribution is 2.35. The number of carbonyl (C=O) groups excluding carboxylic acids is 2. The Balaban J connectivity index is 2.12. The molecule has 0 radical (unpaired) electrons. The van der Waals surface area contributed by atoms with E-state index in [2.05, 4.69) is 0 Å². The maximum absolute atomic E-state index is 12.0. The molecule has 0 amide bonds. The monoisotopic (exact) mass is 334 g/mol. The number of benzene rings is 1. The number of fused-ring (bicyclic) bond motifs is 1. The zero-order chi connectivity index (χ0) is 16.3. The van der Waals surface area contributed by atoms with E-state index in [1.165, 1.54) is 18.3 Å². The first-order valence-electron chi connectivity index (χ1n) is 6.27. The summed E-state index contributed by atoms with van der Waals surface area (Å²) in [6.45, 7) is 0.800. The number of nitrogens with zero attached hydrogens (tertiary/aromatic N) is 1. The van der Waals surface area contributed by atoms with Crippen molar-refractivity contribution < 1.29 is 14.3 Å².